The average molecular weight is 450 g/mol. The number of aryl methyl sites for hydroxylation is 1. The van der Waals surface area contributed by atoms with E-state index in [1.807, 2.05) is 23.7 Å². The van der Waals surface area contributed by atoms with E-state index in [-0.39, 0.29) is 11.3 Å². The molecule has 178 valence electrons. The van der Waals surface area contributed by atoms with E-state index in [1.165, 1.54) is 38.5 Å². The summed E-state index contributed by atoms with van der Waals surface area (Å²) in [6.07, 6.45) is 10.4. The topological polar surface area (TPSA) is 68.0 Å². The Labute approximate surface area is 197 Å². The van der Waals surface area contributed by atoms with Crippen molar-refractivity contribution in [1.29, 1.82) is 0 Å². The second-order valence-corrected chi connectivity index (χ2v) is 12.5. The van der Waals surface area contributed by atoms with E-state index in [4.69, 9.17) is 0 Å². The zero-order valence-electron chi connectivity index (χ0n) is 20.5. The number of benzene rings is 1. The molecule has 1 heterocycles. The van der Waals surface area contributed by atoms with Gasteiger partial charge < -0.3 is 5.11 Å². The van der Waals surface area contributed by atoms with Crippen LogP contribution in [0.25, 0.3) is 11.0 Å². The van der Waals surface area contributed by atoms with E-state index >= 15 is 0 Å². The van der Waals surface area contributed by atoms with Gasteiger partial charge in [-0.2, -0.15) is 0 Å². The highest BCUT2D eigenvalue weighted by Gasteiger charge is 2.58. The third-order valence-electron chi connectivity index (χ3n) is 10.7. The lowest BCUT2D eigenvalue weighted by atomic mass is 9.49. The molecule has 4 aliphatic carbocycles. The lowest BCUT2D eigenvalue weighted by Crippen LogP contribution is -2.51. The number of nitrogens with zero attached hydrogens (tertiary/aromatic N) is 3. The van der Waals surface area contributed by atoms with Gasteiger partial charge in [0.25, 0.3) is 0 Å². The third kappa shape index (κ3) is 3.40. The number of aromatic nitrogens is 3. The number of Topliss-reactive ketones (excluding diaryl/α,β-unsaturated/α-hetero) is 1. The Kier molecular flexibility index (Phi) is 5.03. The SMILES string of the molecule is Cc1cccc2nnn(CC(=O)[C@@H]3CC[C@H]4[C@@H]5CC[C@@H]6C[C@](C)(O)CC[C@@H]6[C@H]5CC[C@]34C)c12. The summed E-state index contributed by atoms with van der Waals surface area (Å²) in [5.41, 5.74) is 2.69. The summed E-state index contributed by atoms with van der Waals surface area (Å²) in [6.45, 7) is 6.90. The van der Waals surface area contributed by atoms with Crippen LogP contribution in [0.15, 0.2) is 18.2 Å². The largest absolute Gasteiger partial charge is 0.390 e. The maximum Gasteiger partial charge on any atom is 0.157 e. The Balaban J connectivity index is 1.21. The molecule has 0 bridgehead atoms. The van der Waals surface area contributed by atoms with Gasteiger partial charge in [0.2, 0.25) is 0 Å². The van der Waals surface area contributed by atoms with E-state index in [0.717, 1.165) is 53.6 Å². The lowest BCUT2D eigenvalue weighted by molar-refractivity contribution is -0.133. The minimum absolute atomic E-state index is 0.136. The van der Waals surface area contributed by atoms with Crippen molar-refractivity contribution < 1.29 is 9.90 Å². The molecule has 0 aliphatic heterocycles. The maximum absolute atomic E-state index is 13.7. The predicted octanol–water partition coefficient (Wildman–Crippen LogP) is 5.33. The minimum atomic E-state index is -0.452. The highest BCUT2D eigenvalue weighted by molar-refractivity contribution is 5.85. The van der Waals surface area contributed by atoms with Gasteiger partial charge in [-0.3, -0.25) is 4.79 Å². The van der Waals surface area contributed by atoms with Crippen molar-refractivity contribution in [3.05, 3.63) is 23.8 Å². The first-order chi connectivity index (χ1) is 15.8. The number of hydrogen-bond acceptors (Lipinski definition) is 4. The van der Waals surface area contributed by atoms with Crippen molar-refractivity contribution in [2.75, 3.05) is 0 Å². The molecule has 33 heavy (non-hydrogen) atoms. The molecule has 0 radical (unpaired) electrons. The molecular weight excluding hydrogens is 410 g/mol. The molecule has 1 N–H and O–H groups in total. The van der Waals surface area contributed by atoms with Crippen molar-refractivity contribution in [2.24, 2.45) is 40.9 Å². The molecule has 2 aromatic rings. The molecule has 0 saturated heterocycles. The number of para-hydroxylation sites is 1. The Morgan fingerprint density at radius 1 is 1.06 bits per heavy atom. The van der Waals surface area contributed by atoms with Crippen LogP contribution >= 0.6 is 0 Å². The predicted molar refractivity (Wildman–Crippen MR) is 128 cm³/mol. The Hall–Kier alpha value is -1.75. The quantitative estimate of drug-likeness (QED) is 0.688. The summed E-state index contributed by atoms with van der Waals surface area (Å²) in [6, 6.07) is 6.05. The van der Waals surface area contributed by atoms with Crippen LogP contribution in [-0.4, -0.2) is 31.5 Å². The molecule has 4 saturated carbocycles. The highest BCUT2D eigenvalue weighted by atomic mass is 16.3. The molecule has 4 aliphatic rings. The minimum Gasteiger partial charge on any atom is -0.390 e. The fraction of sp³-hybridized carbons (Fsp3) is 0.750. The average Bonchev–Trinajstić information content (AvgIpc) is 3.34. The zero-order valence-corrected chi connectivity index (χ0v) is 20.5. The normalized spacial score (nSPS) is 42.5. The van der Waals surface area contributed by atoms with Crippen LogP contribution in [0.1, 0.15) is 77.2 Å². The maximum atomic E-state index is 13.7. The van der Waals surface area contributed by atoms with E-state index in [1.54, 1.807) is 0 Å². The summed E-state index contributed by atoms with van der Waals surface area (Å²) < 4.78 is 1.84. The molecule has 8 atom stereocenters. The highest BCUT2D eigenvalue weighted by Crippen LogP contribution is 2.64. The standard InChI is InChI=1S/C28H39N3O2/c1-17-5-4-6-24-26(17)31(30-29-24)16-25(32)23-10-9-22-21-8-7-18-15-27(2,33)13-11-19(18)20(21)12-14-28(22,23)3/h4-6,18-23,33H,7-16H2,1-3H3/t18-,19+,20-,21-,22+,23+,27-,28+/m1/s1. The van der Waals surface area contributed by atoms with E-state index < -0.39 is 5.60 Å². The number of carbonyl (C=O) groups is 1. The van der Waals surface area contributed by atoms with Crippen LogP contribution in [0, 0.1) is 47.8 Å². The molecule has 4 fully saturated rings. The van der Waals surface area contributed by atoms with E-state index in [0.29, 0.717) is 24.2 Å². The fourth-order valence-electron chi connectivity index (χ4n) is 9.19. The van der Waals surface area contributed by atoms with Crippen molar-refractivity contribution in [2.45, 2.75) is 90.7 Å². The second-order valence-electron chi connectivity index (χ2n) is 12.5. The summed E-state index contributed by atoms with van der Waals surface area (Å²) in [5.74, 6) is 4.29. The van der Waals surface area contributed by atoms with Gasteiger partial charge >= 0.3 is 0 Å². The van der Waals surface area contributed by atoms with Gasteiger partial charge in [-0.05, 0) is 118 Å². The summed E-state index contributed by atoms with van der Waals surface area (Å²) in [7, 11) is 0. The fourth-order valence-corrected chi connectivity index (χ4v) is 9.19. The molecule has 1 aromatic heterocycles. The Morgan fingerprint density at radius 3 is 2.73 bits per heavy atom. The van der Waals surface area contributed by atoms with Gasteiger partial charge in [-0.15, -0.1) is 5.10 Å². The van der Waals surface area contributed by atoms with Gasteiger partial charge in [-0.1, -0.05) is 24.3 Å². The second kappa shape index (κ2) is 7.63. The molecule has 0 spiro atoms. The monoisotopic (exact) mass is 449 g/mol. The molecule has 1 aromatic carbocycles. The first kappa shape index (κ1) is 21.8. The van der Waals surface area contributed by atoms with Crippen LogP contribution in [-0.2, 0) is 11.3 Å². The Morgan fingerprint density at radius 2 is 1.88 bits per heavy atom. The number of carbonyl (C=O) groups excluding carboxylic acids is 1. The number of rotatable bonds is 3. The Bertz CT molecular complexity index is 1070. The van der Waals surface area contributed by atoms with Crippen LogP contribution in [0.3, 0.4) is 0 Å². The van der Waals surface area contributed by atoms with E-state index in [9.17, 15) is 9.90 Å². The van der Waals surface area contributed by atoms with Crippen molar-refractivity contribution in [3.63, 3.8) is 0 Å². The van der Waals surface area contributed by atoms with Gasteiger partial charge in [0.15, 0.2) is 5.78 Å². The van der Waals surface area contributed by atoms with Crippen molar-refractivity contribution >= 4 is 16.8 Å². The summed E-state index contributed by atoms with van der Waals surface area (Å²) in [5, 5.41) is 19.3. The molecule has 5 nitrogen and oxygen atoms in total. The van der Waals surface area contributed by atoms with Crippen molar-refractivity contribution in [3.8, 4) is 0 Å². The van der Waals surface area contributed by atoms with E-state index in [2.05, 4.69) is 30.2 Å². The zero-order chi connectivity index (χ0) is 23.0. The number of aliphatic hydroxyl groups is 1. The van der Waals surface area contributed by atoms with Gasteiger partial charge in [0, 0.05) is 5.92 Å². The molecule has 0 amide bonds. The first-order valence-corrected chi connectivity index (χ1v) is 13.3. The molecule has 0 unspecified atom stereocenters. The van der Waals surface area contributed by atoms with Crippen LogP contribution in [0.5, 0.6) is 0 Å². The number of fused-ring (bicyclic) bond motifs is 6. The van der Waals surface area contributed by atoms with Gasteiger partial charge in [0.1, 0.15) is 12.1 Å². The van der Waals surface area contributed by atoms with Crippen LogP contribution in [0.4, 0.5) is 0 Å². The summed E-state index contributed by atoms with van der Waals surface area (Å²) in [4.78, 5) is 13.7. The van der Waals surface area contributed by atoms with Gasteiger partial charge in [-0.25, -0.2) is 4.68 Å². The lowest BCUT2D eigenvalue weighted by Gasteiger charge is -2.56. The molecule has 6 rings (SSSR count). The number of ketones is 1. The van der Waals surface area contributed by atoms with Crippen LogP contribution in [0.2, 0.25) is 0 Å². The summed E-state index contributed by atoms with van der Waals surface area (Å²) >= 11 is 0. The van der Waals surface area contributed by atoms with Crippen LogP contribution < -0.4 is 0 Å². The number of hydrogen-bond donors (Lipinski definition) is 1. The van der Waals surface area contributed by atoms with Gasteiger partial charge in [0.05, 0.1) is 11.1 Å². The molecule has 5 heteroatoms. The third-order valence-corrected chi connectivity index (χ3v) is 10.7. The first-order valence-electron chi connectivity index (χ1n) is 13.3. The van der Waals surface area contributed by atoms with Crippen molar-refractivity contribution in [1.82, 2.24) is 15.0 Å². The smallest absolute Gasteiger partial charge is 0.157 e. The molecular formula is C28H39N3O2.